The van der Waals surface area contributed by atoms with Crippen LogP contribution in [0.5, 0.6) is 11.5 Å². The molecule has 0 atom stereocenters. The van der Waals surface area contributed by atoms with E-state index in [0.29, 0.717) is 5.56 Å². The Balaban J connectivity index is 2.03. The number of rotatable bonds is 7. The van der Waals surface area contributed by atoms with Crippen LogP contribution >= 0.6 is 7.60 Å². The van der Waals surface area contributed by atoms with E-state index in [-0.39, 0.29) is 0 Å². The molecular weight excluding hydrogens is 415 g/mol. The van der Waals surface area contributed by atoms with E-state index in [1.165, 1.54) is 6.08 Å². The van der Waals surface area contributed by atoms with Crippen molar-refractivity contribution in [1.29, 1.82) is 5.26 Å². The monoisotopic (exact) mass is 436 g/mol. The zero-order chi connectivity index (χ0) is 22.4. The van der Waals surface area contributed by atoms with Crippen molar-refractivity contribution < 1.29 is 23.8 Å². The lowest BCUT2D eigenvalue weighted by atomic mass is 10.1. The smallest absolute Gasteiger partial charge is 0.366 e. The lowest BCUT2D eigenvalue weighted by molar-refractivity contribution is 0.384. The molecule has 8 heteroatoms. The predicted octanol–water partition coefficient (Wildman–Crippen LogP) is 5.22. The summed E-state index contributed by atoms with van der Waals surface area (Å²) in [4.78, 5) is 20.5. The number of nitrogens with zero attached hydrogens (tertiary/aromatic N) is 2. The van der Waals surface area contributed by atoms with Gasteiger partial charge in [0.1, 0.15) is 22.9 Å². The number of benzene rings is 3. The molecule has 0 fully saturated rings. The van der Waals surface area contributed by atoms with Crippen molar-refractivity contribution in [3.05, 3.63) is 83.7 Å². The van der Waals surface area contributed by atoms with Crippen molar-refractivity contribution in [1.82, 2.24) is 0 Å². The number of nitriles is 1. The summed E-state index contributed by atoms with van der Waals surface area (Å²) in [6.07, 6.45) is 1.19. The highest BCUT2D eigenvalue weighted by Gasteiger charge is 2.20. The van der Waals surface area contributed by atoms with E-state index >= 15 is 0 Å². The Labute approximate surface area is 180 Å². The highest BCUT2D eigenvalue weighted by Crippen LogP contribution is 2.45. The molecule has 31 heavy (non-hydrogen) atoms. The van der Waals surface area contributed by atoms with Crippen LogP contribution in [-0.4, -0.2) is 24.0 Å². The standard InChI is InChI=1S/C23H21N2O5P/c1-29-21-11-7-19(8-12-21)25(20-9-13-22(30-2)14-10-20)18-5-3-17(4-6-18)15-23(16-24)31(26,27)28/h3-15H,1-2H3,(H2,26,27,28). The maximum absolute atomic E-state index is 11.4. The zero-order valence-corrected chi connectivity index (χ0v) is 17.9. The van der Waals surface area contributed by atoms with Gasteiger partial charge in [0.25, 0.3) is 0 Å². The van der Waals surface area contributed by atoms with E-state index in [0.717, 1.165) is 28.6 Å². The quantitative estimate of drug-likeness (QED) is 0.387. The maximum Gasteiger partial charge on any atom is 0.366 e. The molecule has 0 aromatic heterocycles. The second-order valence-electron chi connectivity index (χ2n) is 6.51. The molecule has 0 radical (unpaired) electrons. The summed E-state index contributed by atoms with van der Waals surface area (Å²) in [6.45, 7) is 0. The molecule has 0 saturated heterocycles. The van der Waals surface area contributed by atoms with Crippen molar-refractivity contribution in [2.75, 3.05) is 19.1 Å². The van der Waals surface area contributed by atoms with Crippen molar-refractivity contribution in [2.45, 2.75) is 0 Å². The molecule has 0 spiro atoms. The summed E-state index contributed by atoms with van der Waals surface area (Å²) in [6, 6.07) is 23.8. The highest BCUT2D eigenvalue weighted by molar-refractivity contribution is 7.57. The van der Waals surface area contributed by atoms with Crippen LogP contribution in [0, 0.1) is 11.3 Å². The molecule has 0 aliphatic carbocycles. The van der Waals surface area contributed by atoms with E-state index in [1.807, 2.05) is 65.6 Å². The fourth-order valence-electron chi connectivity index (χ4n) is 2.97. The van der Waals surface area contributed by atoms with Gasteiger partial charge in [-0.1, -0.05) is 12.1 Å². The zero-order valence-electron chi connectivity index (χ0n) is 17.0. The number of anilines is 3. The van der Waals surface area contributed by atoms with E-state index in [4.69, 9.17) is 14.7 Å². The Morgan fingerprint density at radius 1 is 0.839 bits per heavy atom. The lowest BCUT2D eigenvalue weighted by Crippen LogP contribution is -2.09. The summed E-state index contributed by atoms with van der Waals surface area (Å²) < 4.78 is 21.9. The van der Waals surface area contributed by atoms with Crippen molar-refractivity contribution in [3.8, 4) is 17.6 Å². The Kier molecular flexibility index (Phi) is 6.78. The summed E-state index contributed by atoms with van der Waals surface area (Å²) in [5.41, 5.74) is 3.11. The molecule has 158 valence electrons. The minimum absolute atomic E-state index is 0.507. The summed E-state index contributed by atoms with van der Waals surface area (Å²) in [5.74, 6) is 1.47. The molecule has 2 N–H and O–H groups in total. The third-order valence-corrected chi connectivity index (χ3v) is 5.40. The topological polar surface area (TPSA) is 103 Å². The Bertz CT molecular complexity index is 1100. The van der Waals surface area contributed by atoms with Crippen LogP contribution in [0.25, 0.3) is 6.08 Å². The third kappa shape index (κ3) is 5.33. The van der Waals surface area contributed by atoms with Gasteiger partial charge in [-0.25, -0.2) is 0 Å². The molecule has 0 unspecified atom stereocenters. The minimum atomic E-state index is -4.62. The molecule has 0 saturated carbocycles. The average Bonchev–Trinajstić information content (AvgIpc) is 2.78. The van der Waals surface area contributed by atoms with Crippen molar-refractivity contribution in [2.24, 2.45) is 0 Å². The molecule has 7 nitrogen and oxygen atoms in total. The van der Waals surface area contributed by atoms with Crippen LogP contribution in [0.1, 0.15) is 5.56 Å². The highest BCUT2D eigenvalue weighted by atomic mass is 31.2. The average molecular weight is 436 g/mol. The number of allylic oxidation sites excluding steroid dienone is 1. The molecular formula is C23H21N2O5P. The fraction of sp³-hybridized carbons (Fsp3) is 0.0870. The predicted molar refractivity (Wildman–Crippen MR) is 120 cm³/mol. The third-order valence-electron chi connectivity index (χ3n) is 4.54. The van der Waals surface area contributed by atoms with Gasteiger partial charge < -0.3 is 24.2 Å². The molecule has 0 aliphatic rings. The molecule has 0 aliphatic heterocycles. The van der Waals surface area contributed by atoms with E-state index in [2.05, 4.69) is 0 Å². The van der Waals surface area contributed by atoms with E-state index in [1.54, 1.807) is 32.4 Å². The first kappa shape index (κ1) is 22.1. The van der Waals surface area contributed by atoms with Crippen LogP contribution in [0.4, 0.5) is 17.1 Å². The Morgan fingerprint density at radius 2 is 1.23 bits per heavy atom. The molecule has 0 amide bonds. The van der Waals surface area contributed by atoms with Crippen molar-refractivity contribution in [3.63, 3.8) is 0 Å². The molecule has 0 heterocycles. The minimum Gasteiger partial charge on any atom is -0.497 e. The summed E-state index contributed by atoms with van der Waals surface area (Å²) in [5, 5.41) is 8.43. The Hall–Kier alpha value is -3.56. The van der Waals surface area contributed by atoms with Crippen LogP contribution in [-0.2, 0) is 4.57 Å². The first-order chi connectivity index (χ1) is 14.9. The number of methoxy groups -OCH3 is 2. The van der Waals surface area contributed by atoms with Gasteiger partial charge in [-0.05, 0) is 72.3 Å². The summed E-state index contributed by atoms with van der Waals surface area (Å²) in [7, 11) is -1.40. The number of hydrogen-bond donors (Lipinski definition) is 2. The van der Waals surface area contributed by atoms with Gasteiger partial charge in [0.2, 0.25) is 0 Å². The summed E-state index contributed by atoms with van der Waals surface area (Å²) >= 11 is 0. The first-order valence-electron chi connectivity index (χ1n) is 9.22. The van der Waals surface area contributed by atoms with Gasteiger partial charge >= 0.3 is 7.60 Å². The van der Waals surface area contributed by atoms with Gasteiger partial charge in [0.15, 0.2) is 0 Å². The van der Waals surface area contributed by atoms with Gasteiger partial charge in [-0.15, -0.1) is 0 Å². The van der Waals surface area contributed by atoms with E-state index < -0.39 is 12.9 Å². The second-order valence-corrected chi connectivity index (χ2v) is 8.08. The van der Waals surface area contributed by atoms with Gasteiger partial charge in [0.05, 0.1) is 14.2 Å². The largest absolute Gasteiger partial charge is 0.497 e. The molecule has 3 aromatic rings. The molecule has 3 aromatic carbocycles. The van der Waals surface area contributed by atoms with Gasteiger partial charge in [0, 0.05) is 17.1 Å². The van der Waals surface area contributed by atoms with Crippen LogP contribution < -0.4 is 14.4 Å². The number of hydrogen-bond acceptors (Lipinski definition) is 5. The molecule has 0 bridgehead atoms. The fourth-order valence-corrected chi connectivity index (χ4v) is 3.42. The van der Waals surface area contributed by atoms with Crippen LogP contribution in [0.2, 0.25) is 0 Å². The second kappa shape index (κ2) is 9.50. The van der Waals surface area contributed by atoms with Gasteiger partial charge in [-0.3, -0.25) is 4.57 Å². The number of ether oxygens (including phenoxy) is 2. The normalized spacial score (nSPS) is 11.5. The van der Waals surface area contributed by atoms with Crippen LogP contribution in [0.3, 0.4) is 0 Å². The first-order valence-corrected chi connectivity index (χ1v) is 10.8. The van der Waals surface area contributed by atoms with Crippen LogP contribution in [0.15, 0.2) is 78.1 Å². The maximum atomic E-state index is 11.4. The SMILES string of the molecule is COc1ccc(N(c2ccc(C=C(C#N)P(=O)(O)O)cc2)c2ccc(OC)cc2)cc1. The molecule has 3 rings (SSSR count). The van der Waals surface area contributed by atoms with Gasteiger partial charge in [-0.2, -0.15) is 5.26 Å². The van der Waals surface area contributed by atoms with E-state index in [9.17, 15) is 14.4 Å². The Morgan fingerprint density at radius 3 is 1.55 bits per heavy atom. The van der Waals surface area contributed by atoms with Crippen molar-refractivity contribution >= 4 is 30.7 Å². The lowest BCUT2D eigenvalue weighted by Gasteiger charge is -2.26.